The molecule has 124 valence electrons. The molecule has 0 aromatic heterocycles. The maximum Gasteiger partial charge on any atom is 0.312 e. The highest BCUT2D eigenvalue weighted by Gasteiger charge is 2.38. The standard InChI is InChI=1S/C18H25N3O2/c1-12(2)14-4-6-15(7-5-14)13(3)20-8-9-21-16(11-20)10-19-17(22)18(21)23/h4-7,12-13,16H,8-11H2,1-3H3,(H,19,22)/t13-,16-/m0/s1. The summed E-state index contributed by atoms with van der Waals surface area (Å²) in [5.41, 5.74) is 2.65. The quantitative estimate of drug-likeness (QED) is 0.860. The lowest BCUT2D eigenvalue weighted by atomic mass is 9.98. The molecule has 2 amide bonds. The number of fused-ring (bicyclic) bond motifs is 1. The number of nitrogens with one attached hydrogen (secondary N) is 1. The van der Waals surface area contributed by atoms with Crippen LogP contribution in [0.25, 0.3) is 0 Å². The number of benzene rings is 1. The highest BCUT2D eigenvalue weighted by atomic mass is 16.2. The first-order valence-corrected chi connectivity index (χ1v) is 8.40. The van der Waals surface area contributed by atoms with Crippen molar-refractivity contribution in [3.05, 3.63) is 35.4 Å². The largest absolute Gasteiger partial charge is 0.346 e. The molecule has 0 bridgehead atoms. The molecule has 0 spiro atoms. The summed E-state index contributed by atoms with van der Waals surface area (Å²) in [6.07, 6.45) is 0. The molecule has 2 atom stereocenters. The van der Waals surface area contributed by atoms with Crippen molar-refractivity contribution in [1.29, 1.82) is 0 Å². The van der Waals surface area contributed by atoms with Crippen LogP contribution in [0.4, 0.5) is 0 Å². The van der Waals surface area contributed by atoms with E-state index in [1.54, 1.807) is 4.90 Å². The summed E-state index contributed by atoms with van der Waals surface area (Å²) >= 11 is 0. The van der Waals surface area contributed by atoms with E-state index in [1.807, 2.05) is 0 Å². The van der Waals surface area contributed by atoms with Gasteiger partial charge in [-0.05, 0) is 24.0 Å². The van der Waals surface area contributed by atoms with Crippen LogP contribution >= 0.6 is 0 Å². The predicted octanol–water partition coefficient (Wildman–Crippen LogP) is 1.51. The summed E-state index contributed by atoms with van der Waals surface area (Å²) in [6.45, 7) is 9.41. The molecule has 0 unspecified atom stereocenters. The third kappa shape index (κ3) is 3.11. The van der Waals surface area contributed by atoms with Crippen molar-refractivity contribution in [3.8, 4) is 0 Å². The van der Waals surface area contributed by atoms with Gasteiger partial charge in [0.1, 0.15) is 0 Å². The second-order valence-electron chi connectivity index (χ2n) is 6.85. The molecule has 2 aliphatic heterocycles. The minimum Gasteiger partial charge on any atom is -0.346 e. The average molecular weight is 315 g/mol. The van der Waals surface area contributed by atoms with E-state index in [-0.39, 0.29) is 11.9 Å². The van der Waals surface area contributed by atoms with Gasteiger partial charge in [0, 0.05) is 32.2 Å². The third-order valence-corrected chi connectivity index (χ3v) is 5.10. The molecule has 0 saturated carbocycles. The first-order valence-electron chi connectivity index (χ1n) is 8.40. The second-order valence-corrected chi connectivity index (χ2v) is 6.85. The van der Waals surface area contributed by atoms with Crippen molar-refractivity contribution < 1.29 is 9.59 Å². The maximum atomic E-state index is 11.9. The van der Waals surface area contributed by atoms with E-state index < -0.39 is 5.91 Å². The molecular weight excluding hydrogens is 290 g/mol. The van der Waals surface area contributed by atoms with E-state index >= 15 is 0 Å². The minimum absolute atomic E-state index is 0.0892. The molecule has 3 rings (SSSR count). The first kappa shape index (κ1) is 16.0. The van der Waals surface area contributed by atoms with Gasteiger partial charge >= 0.3 is 11.8 Å². The molecule has 23 heavy (non-hydrogen) atoms. The van der Waals surface area contributed by atoms with Crippen LogP contribution in [0.15, 0.2) is 24.3 Å². The number of amides is 2. The van der Waals surface area contributed by atoms with E-state index in [0.29, 0.717) is 25.0 Å². The van der Waals surface area contributed by atoms with Gasteiger partial charge in [0.15, 0.2) is 0 Å². The van der Waals surface area contributed by atoms with Crippen LogP contribution in [0.5, 0.6) is 0 Å². The normalized spacial score (nSPS) is 23.7. The Bertz CT molecular complexity index is 597. The molecule has 1 aromatic carbocycles. The Morgan fingerprint density at radius 1 is 1.04 bits per heavy atom. The van der Waals surface area contributed by atoms with E-state index in [1.165, 1.54) is 11.1 Å². The van der Waals surface area contributed by atoms with Crippen LogP contribution in [-0.4, -0.2) is 53.8 Å². The van der Waals surface area contributed by atoms with Crippen LogP contribution in [0.1, 0.15) is 43.9 Å². The first-order chi connectivity index (χ1) is 11.0. The summed E-state index contributed by atoms with van der Waals surface area (Å²) in [4.78, 5) is 27.5. The van der Waals surface area contributed by atoms with Gasteiger partial charge in [-0.3, -0.25) is 14.5 Å². The van der Waals surface area contributed by atoms with Gasteiger partial charge in [0.2, 0.25) is 0 Å². The molecule has 0 aliphatic carbocycles. The summed E-state index contributed by atoms with van der Waals surface area (Å²) in [7, 11) is 0. The lowest BCUT2D eigenvalue weighted by molar-refractivity contribution is -0.153. The number of hydrogen-bond acceptors (Lipinski definition) is 3. The molecule has 2 saturated heterocycles. The fourth-order valence-electron chi connectivity index (χ4n) is 3.46. The molecule has 0 radical (unpaired) electrons. The van der Waals surface area contributed by atoms with Crippen LogP contribution in [0.3, 0.4) is 0 Å². The second kappa shape index (κ2) is 6.32. The molecular formula is C18H25N3O2. The topological polar surface area (TPSA) is 52.7 Å². The Morgan fingerprint density at radius 2 is 1.70 bits per heavy atom. The van der Waals surface area contributed by atoms with Crippen LogP contribution < -0.4 is 5.32 Å². The lowest BCUT2D eigenvalue weighted by Crippen LogP contribution is -2.65. The highest BCUT2D eigenvalue weighted by molar-refractivity contribution is 6.35. The fourth-order valence-corrected chi connectivity index (χ4v) is 3.46. The number of piperazine rings is 2. The van der Waals surface area contributed by atoms with Crippen molar-refractivity contribution in [2.75, 3.05) is 26.2 Å². The zero-order chi connectivity index (χ0) is 16.6. The van der Waals surface area contributed by atoms with Gasteiger partial charge in [-0.25, -0.2) is 0 Å². The summed E-state index contributed by atoms with van der Waals surface area (Å²) in [5, 5.41) is 2.69. The third-order valence-electron chi connectivity index (χ3n) is 5.10. The number of carbonyl (C=O) groups excluding carboxylic acids is 2. The lowest BCUT2D eigenvalue weighted by Gasteiger charge is -2.45. The van der Waals surface area contributed by atoms with Gasteiger partial charge < -0.3 is 10.2 Å². The molecule has 5 nitrogen and oxygen atoms in total. The average Bonchev–Trinajstić information content (AvgIpc) is 2.57. The zero-order valence-corrected chi connectivity index (χ0v) is 14.1. The van der Waals surface area contributed by atoms with Gasteiger partial charge in [-0.1, -0.05) is 38.1 Å². The monoisotopic (exact) mass is 315 g/mol. The summed E-state index contributed by atoms with van der Waals surface area (Å²) in [5.74, 6) is -0.304. The smallest absolute Gasteiger partial charge is 0.312 e. The maximum absolute atomic E-state index is 11.9. The molecule has 2 heterocycles. The highest BCUT2D eigenvalue weighted by Crippen LogP contribution is 2.26. The van der Waals surface area contributed by atoms with E-state index in [4.69, 9.17) is 0 Å². The van der Waals surface area contributed by atoms with Crippen molar-refractivity contribution >= 4 is 11.8 Å². The van der Waals surface area contributed by atoms with Crippen LogP contribution in [0.2, 0.25) is 0 Å². The Labute approximate surface area is 137 Å². The van der Waals surface area contributed by atoms with Crippen LogP contribution in [0, 0.1) is 0 Å². The fraction of sp³-hybridized carbons (Fsp3) is 0.556. The molecule has 5 heteroatoms. The van der Waals surface area contributed by atoms with E-state index in [9.17, 15) is 9.59 Å². The Kier molecular flexibility index (Phi) is 4.39. The van der Waals surface area contributed by atoms with E-state index in [2.05, 4.69) is 55.3 Å². The Hall–Kier alpha value is -1.88. The van der Waals surface area contributed by atoms with Crippen LogP contribution in [-0.2, 0) is 9.59 Å². The number of carbonyl (C=O) groups is 2. The minimum atomic E-state index is -0.466. The number of hydrogen-bond donors (Lipinski definition) is 1. The Morgan fingerprint density at radius 3 is 2.35 bits per heavy atom. The molecule has 1 N–H and O–H groups in total. The van der Waals surface area contributed by atoms with Crippen molar-refractivity contribution in [3.63, 3.8) is 0 Å². The van der Waals surface area contributed by atoms with Gasteiger partial charge in [-0.2, -0.15) is 0 Å². The molecule has 2 fully saturated rings. The predicted molar refractivity (Wildman–Crippen MR) is 89.0 cm³/mol. The number of rotatable bonds is 3. The number of nitrogens with zero attached hydrogens (tertiary/aromatic N) is 2. The molecule has 2 aliphatic rings. The van der Waals surface area contributed by atoms with Crippen molar-refractivity contribution in [1.82, 2.24) is 15.1 Å². The SMILES string of the molecule is CC(C)c1ccc([C@H](C)N2CCN3C(=O)C(=O)NC[C@H]3C2)cc1. The Balaban J connectivity index is 1.68. The summed E-state index contributed by atoms with van der Waals surface area (Å²) < 4.78 is 0. The van der Waals surface area contributed by atoms with Crippen molar-refractivity contribution in [2.45, 2.75) is 38.8 Å². The van der Waals surface area contributed by atoms with Gasteiger partial charge in [-0.15, -0.1) is 0 Å². The van der Waals surface area contributed by atoms with Crippen molar-refractivity contribution in [2.24, 2.45) is 0 Å². The summed E-state index contributed by atoms with van der Waals surface area (Å²) in [6, 6.07) is 9.23. The molecule has 1 aromatic rings. The zero-order valence-electron chi connectivity index (χ0n) is 14.1. The van der Waals surface area contributed by atoms with Gasteiger partial charge in [0.05, 0.1) is 6.04 Å². The van der Waals surface area contributed by atoms with E-state index in [0.717, 1.165) is 13.1 Å². The van der Waals surface area contributed by atoms with Gasteiger partial charge in [0.25, 0.3) is 0 Å².